The molecule has 184 valence electrons. The van der Waals surface area contributed by atoms with Crippen LogP contribution in [0.2, 0.25) is 0 Å². The Morgan fingerprint density at radius 1 is 0.971 bits per heavy atom. The lowest BCUT2D eigenvalue weighted by Crippen LogP contribution is -2.35. The summed E-state index contributed by atoms with van der Waals surface area (Å²) in [6.45, 7) is 0.713. The highest BCUT2D eigenvalue weighted by molar-refractivity contribution is 7.89. The summed E-state index contributed by atoms with van der Waals surface area (Å²) in [4.78, 5) is 27.2. The molecule has 0 N–H and O–H groups in total. The predicted molar refractivity (Wildman–Crippen MR) is 132 cm³/mol. The first-order chi connectivity index (χ1) is 16.9. The second-order valence-electron chi connectivity index (χ2n) is 9.45. The van der Waals surface area contributed by atoms with Gasteiger partial charge in [0.25, 0.3) is 0 Å². The van der Waals surface area contributed by atoms with Gasteiger partial charge in [-0.2, -0.15) is 4.31 Å². The van der Waals surface area contributed by atoms with Gasteiger partial charge < -0.3 is 4.74 Å². The fourth-order valence-electron chi connectivity index (χ4n) is 5.51. The molecule has 7 nitrogen and oxygen atoms in total. The molecule has 2 heterocycles. The van der Waals surface area contributed by atoms with Gasteiger partial charge >= 0.3 is 0 Å². The summed E-state index contributed by atoms with van der Waals surface area (Å²) in [7, 11) is -2.40. The van der Waals surface area contributed by atoms with Crippen LogP contribution in [-0.2, 0) is 26.2 Å². The zero-order chi connectivity index (χ0) is 24.6. The maximum absolute atomic E-state index is 13.6. The summed E-state index contributed by atoms with van der Waals surface area (Å²) in [5.74, 6) is -0.461. The SMILES string of the molecule is COc1ccc(CN2C(=O)C3CCCCC3C2=O)cc1S(=O)(=O)N1CC=C(c2ccccc2)CC1. The van der Waals surface area contributed by atoms with Crippen LogP contribution < -0.4 is 4.74 Å². The number of carbonyl (C=O) groups is 2. The topological polar surface area (TPSA) is 84.0 Å². The van der Waals surface area contributed by atoms with Crippen molar-refractivity contribution >= 4 is 27.4 Å². The molecular formula is C27H30N2O5S. The maximum Gasteiger partial charge on any atom is 0.247 e. The minimum Gasteiger partial charge on any atom is -0.495 e. The molecule has 2 fully saturated rings. The van der Waals surface area contributed by atoms with Crippen LogP contribution in [0, 0.1) is 11.8 Å². The summed E-state index contributed by atoms with van der Waals surface area (Å²) in [5, 5.41) is 0. The molecule has 1 aliphatic carbocycles. The van der Waals surface area contributed by atoms with Crippen LogP contribution in [-0.4, -0.2) is 49.6 Å². The van der Waals surface area contributed by atoms with Crippen molar-refractivity contribution in [3.8, 4) is 5.75 Å². The van der Waals surface area contributed by atoms with Gasteiger partial charge in [0, 0.05) is 13.1 Å². The van der Waals surface area contributed by atoms with E-state index in [1.165, 1.54) is 16.3 Å². The molecule has 35 heavy (non-hydrogen) atoms. The van der Waals surface area contributed by atoms with Crippen molar-refractivity contribution in [3.05, 3.63) is 65.7 Å². The summed E-state index contributed by atoms with van der Waals surface area (Å²) >= 11 is 0. The number of rotatable bonds is 6. The van der Waals surface area contributed by atoms with E-state index in [-0.39, 0.29) is 47.4 Å². The van der Waals surface area contributed by atoms with E-state index in [2.05, 4.69) is 0 Å². The number of imide groups is 1. The van der Waals surface area contributed by atoms with Crippen LogP contribution in [0.4, 0.5) is 0 Å². The lowest BCUT2D eigenvalue weighted by molar-refractivity contribution is -0.140. The molecule has 2 aromatic carbocycles. The van der Waals surface area contributed by atoms with Crippen LogP contribution >= 0.6 is 0 Å². The van der Waals surface area contributed by atoms with Crippen molar-refractivity contribution < 1.29 is 22.7 Å². The number of amides is 2. The molecule has 2 atom stereocenters. The van der Waals surface area contributed by atoms with E-state index in [9.17, 15) is 18.0 Å². The van der Waals surface area contributed by atoms with E-state index in [0.717, 1.165) is 36.8 Å². The molecule has 5 rings (SSSR count). The molecule has 2 aliphatic heterocycles. The Morgan fingerprint density at radius 2 is 1.66 bits per heavy atom. The Bertz CT molecular complexity index is 1250. The lowest BCUT2D eigenvalue weighted by Gasteiger charge is -2.27. The number of carbonyl (C=O) groups excluding carboxylic acids is 2. The summed E-state index contributed by atoms with van der Waals surface area (Å²) in [6, 6.07) is 14.8. The number of sulfonamides is 1. The molecule has 8 heteroatoms. The van der Waals surface area contributed by atoms with Crippen molar-refractivity contribution in [3.63, 3.8) is 0 Å². The highest BCUT2D eigenvalue weighted by Crippen LogP contribution is 2.39. The predicted octanol–water partition coefficient (Wildman–Crippen LogP) is 3.85. The zero-order valence-corrected chi connectivity index (χ0v) is 20.7. The second kappa shape index (κ2) is 9.59. The number of likely N-dealkylation sites (tertiary alicyclic amines) is 1. The van der Waals surface area contributed by atoms with Crippen LogP contribution in [0.5, 0.6) is 5.75 Å². The molecule has 1 saturated heterocycles. The summed E-state index contributed by atoms with van der Waals surface area (Å²) in [6.07, 6.45) is 6.01. The van der Waals surface area contributed by atoms with Gasteiger partial charge in [-0.15, -0.1) is 0 Å². The number of hydrogen-bond acceptors (Lipinski definition) is 5. The smallest absolute Gasteiger partial charge is 0.247 e. The first kappa shape index (κ1) is 23.8. The molecule has 0 aromatic heterocycles. The monoisotopic (exact) mass is 494 g/mol. The van der Waals surface area contributed by atoms with Crippen molar-refractivity contribution in [2.75, 3.05) is 20.2 Å². The van der Waals surface area contributed by atoms with E-state index in [1.807, 2.05) is 36.4 Å². The van der Waals surface area contributed by atoms with Gasteiger partial charge in [-0.25, -0.2) is 8.42 Å². The minimum atomic E-state index is -3.84. The Kier molecular flexibility index (Phi) is 6.51. The average molecular weight is 495 g/mol. The third-order valence-electron chi connectivity index (χ3n) is 7.44. The fraction of sp³-hybridized carbons (Fsp3) is 0.407. The Hall–Kier alpha value is -2.97. The molecule has 3 aliphatic rings. The first-order valence-corrected chi connectivity index (χ1v) is 13.6. The maximum atomic E-state index is 13.6. The van der Waals surface area contributed by atoms with E-state index in [4.69, 9.17) is 4.74 Å². The largest absolute Gasteiger partial charge is 0.495 e. The molecule has 2 amide bonds. The van der Waals surface area contributed by atoms with Gasteiger partial charge in [0.15, 0.2) is 0 Å². The first-order valence-electron chi connectivity index (χ1n) is 12.2. The van der Waals surface area contributed by atoms with E-state index in [0.29, 0.717) is 18.5 Å². The second-order valence-corrected chi connectivity index (χ2v) is 11.4. The fourth-order valence-corrected chi connectivity index (χ4v) is 7.10. The quantitative estimate of drug-likeness (QED) is 0.570. The van der Waals surface area contributed by atoms with Gasteiger partial charge in [0.2, 0.25) is 21.8 Å². The molecular weight excluding hydrogens is 464 g/mol. The zero-order valence-electron chi connectivity index (χ0n) is 19.9. The Morgan fingerprint density at radius 3 is 2.26 bits per heavy atom. The van der Waals surface area contributed by atoms with Crippen molar-refractivity contribution in [1.82, 2.24) is 9.21 Å². The molecule has 0 bridgehead atoms. The third kappa shape index (κ3) is 4.41. The standard InChI is InChI=1S/C27H30N2O5S/c1-34-24-12-11-19(18-29-26(30)22-9-5-6-10-23(22)27(29)31)17-25(24)35(32,33)28-15-13-21(14-16-28)20-7-3-2-4-8-20/h2-4,7-8,11-13,17,22-23H,5-6,9-10,14-16,18H2,1H3. The van der Waals surface area contributed by atoms with Gasteiger partial charge in [-0.3, -0.25) is 14.5 Å². The van der Waals surface area contributed by atoms with Gasteiger partial charge in [-0.1, -0.05) is 55.3 Å². The van der Waals surface area contributed by atoms with Crippen LogP contribution in [0.25, 0.3) is 5.57 Å². The van der Waals surface area contributed by atoms with Crippen molar-refractivity contribution in [1.29, 1.82) is 0 Å². The lowest BCUT2D eigenvalue weighted by atomic mass is 9.81. The number of ether oxygens (including phenoxy) is 1. The van der Waals surface area contributed by atoms with E-state index >= 15 is 0 Å². The highest BCUT2D eigenvalue weighted by atomic mass is 32.2. The van der Waals surface area contributed by atoms with Crippen molar-refractivity contribution in [2.24, 2.45) is 11.8 Å². The molecule has 0 radical (unpaired) electrons. The molecule has 2 aromatic rings. The molecule has 2 unspecified atom stereocenters. The highest BCUT2D eigenvalue weighted by Gasteiger charge is 2.48. The van der Waals surface area contributed by atoms with Crippen LogP contribution in [0.3, 0.4) is 0 Å². The third-order valence-corrected chi connectivity index (χ3v) is 9.32. The number of benzene rings is 2. The normalized spacial score (nSPS) is 23.2. The summed E-state index contributed by atoms with van der Waals surface area (Å²) in [5.41, 5.74) is 2.83. The number of nitrogens with zero attached hydrogens (tertiary/aromatic N) is 2. The van der Waals surface area contributed by atoms with E-state index in [1.54, 1.807) is 18.2 Å². The van der Waals surface area contributed by atoms with Crippen LogP contribution in [0.15, 0.2) is 59.5 Å². The Balaban J connectivity index is 1.38. The van der Waals surface area contributed by atoms with Crippen LogP contribution in [0.1, 0.15) is 43.2 Å². The number of fused-ring (bicyclic) bond motifs is 1. The molecule has 1 saturated carbocycles. The number of methoxy groups -OCH3 is 1. The number of hydrogen-bond donors (Lipinski definition) is 0. The van der Waals surface area contributed by atoms with Crippen molar-refractivity contribution in [2.45, 2.75) is 43.5 Å². The Labute approximate surface area is 206 Å². The average Bonchev–Trinajstić information content (AvgIpc) is 3.14. The van der Waals surface area contributed by atoms with Gasteiger partial charge in [0.1, 0.15) is 10.6 Å². The molecule has 0 spiro atoms. The van der Waals surface area contributed by atoms with E-state index < -0.39 is 10.0 Å². The minimum absolute atomic E-state index is 0.0607. The summed E-state index contributed by atoms with van der Waals surface area (Å²) < 4.78 is 34.0. The van der Waals surface area contributed by atoms with Gasteiger partial charge in [-0.05, 0) is 48.1 Å². The van der Waals surface area contributed by atoms with Gasteiger partial charge in [0.05, 0.1) is 25.5 Å².